The zero-order chi connectivity index (χ0) is 19.8. The molecule has 3 unspecified atom stereocenters. The standard InChI is InChI=1S/C25H39N2P/c1-3-21(17-20(2)13-16-28-24-12-11-23(26)19-24)18-22-9-5-6-10-25(22)27-14-7-4-8-15-27/h5-6,9-10,12,18,20,23,28H,3-4,7-8,11,13-17,19,26H2,1-2H3/b21-18-. The second-order valence-corrected chi connectivity index (χ2v) is 10.2. The van der Waals surface area contributed by atoms with Crippen molar-refractivity contribution in [3.8, 4) is 0 Å². The Morgan fingerprint density at radius 1 is 1.25 bits per heavy atom. The molecular formula is C25H39N2P. The van der Waals surface area contributed by atoms with Crippen LogP contribution in [0.25, 0.3) is 6.08 Å². The van der Waals surface area contributed by atoms with Crippen molar-refractivity contribution in [2.24, 2.45) is 11.7 Å². The highest BCUT2D eigenvalue weighted by Crippen LogP contribution is 2.35. The highest BCUT2D eigenvalue weighted by molar-refractivity contribution is 7.43. The number of hydrogen-bond donors (Lipinski definition) is 1. The van der Waals surface area contributed by atoms with Gasteiger partial charge in [0, 0.05) is 24.8 Å². The fourth-order valence-corrected chi connectivity index (χ4v) is 6.10. The summed E-state index contributed by atoms with van der Waals surface area (Å²) in [6.45, 7) is 7.17. The summed E-state index contributed by atoms with van der Waals surface area (Å²) in [5.41, 5.74) is 10.5. The average molecular weight is 399 g/mol. The molecule has 3 atom stereocenters. The second kappa shape index (κ2) is 11.2. The molecule has 0 aromatic heterocycles. The first-order chi connectivity index (χ1) is 13.7. The smallest absolute Gasteiger partial charge is 0.0439 e. The molecule has 2 nitrogen and oxygen atoms in total. The van der Waals surface area contributed by atoms with Gasteiger partial charge in [0.2, 0.25) is 0 Å². The molecule has 1 fully saturated rings. The molecule has 3 rings (SSSR count). The summed E-state index contributed by atoms with van der Waals surface area (Å²) >= 11 is 0. The Hall–Kier alpha value is -1.11. The molecule has 3 heteroatoms. The van der Waals surface area contributed by atoms with Crippen LogP contribution in [0.2, 0.25) is 0 Å². The van der Waals surface area contributed by atoms with Crippen molar-refractivity contribution in [2.75, 3.05) is 24.2 Å². The van der Waals surface area contributed by atoms with Crippen LogP contribution in [0, 0.1) is 5.92 Å². The van der Waals surface area contributed by atoms with Crippen molar-refractivity contribution < 1.29 is 0 Å². The summed E-state index contributed by atoms with van der Waals surface area (Å²) in [4.78, 5) is 2.59. The van der Waals surface area contributed by atoms with Gasteiger partial charge in [-0.3, -0.25) is 0 Å². The number of para-hydroxylation sites is 1. The molecule has 0 radical (unpaired) electrons. The van der Waals surface area contributed by atoms with Gasteiger partial charge in [-0.15, -0.1) is 0 Å². The van der Waals surface area contributed by atoms with Crippen LogP contribution in [0.1, 0.15) is 70.8 Å². The first kappa shape index (κ1) is 21.6. The normalized spacial score (nSPS) is 22.1. The molecule has 0 spiro atoms. The van der Waals surface area contributed by atoms with Crippen LogP contribution in [0.3, 0.4) is 0 Å². The van der Waals surface area contributed by atoms with Crippen LogP contribution in [0.15, 0.2) is 41.2 Å². The van der Waals surface area contributed by atoms with Crippen LogP contribution in [0.5, 0.6) is 0 Å². The summed E-state index contributed by atoms with van der Waals surface area (Å²) in [5, 5.41) is 1.63. The lowest BCUT2D eigenvalue weighted by Gasteiger charge is -2.30. The topological polar surface area (TPSA) is 29.3 Å². The monoisotopic (exact) mass is 398 g/mol. The maximum atomic E-state index is 6.02. The number of piperidine rings is 1. The molecule has 1 heterocycles. The van der Waals surface area contributed by atoms with E-state index in [2.05, 4.69) is 55.2 Å². The summed E-state index contributed by atoms with van der Waals surface area (Å²) in [5.74, 6) is 0.761. The number of rotatable bonds is 9. The van der Waals surface area contributed by atoms with E-state index in [4.69, 9.17) is 5.73 Å². The van der Waals surface area contributed by atoms with Crippen molar-refractivity contribution in [3.05, 3.63) is 46.8 Å². The fraction of sp³-hybridized carbons (Fsp3) is 0.600. The molecule has 0 bridgehead atoms. The van der Waals surface area contributed by atoms with Gasteiger partial charge in [0.25, 0.3) is 0 Å². The summed E-state index contributed by atoms with van der Waals surface area (Å²) in [7, 11) is 0.991. The molecule has 28 heavy (non-hydrogen) atoms. The van der Waals surface area contributed by atoms with Crippen LogP contribution in [-0.4, -0.2) is 25.3 Å². The molecule has 1 aromatic rings. The predicted molar refractivity (Wildman–Crippen MR) is 128 cm³/mol. The van der Waals surface area contributed by atoms with Gasteiger partial charge < -0.3 is 10.6 Å². The van der Waals surface area contributed by atoms with E-state index in [1.807, 2.05) is 0 Å². The van der Waals surface area contributed by atoms with Crippen molar-refractivity contribution >= 4 is 20.3 Å². The lowest BCUT2D eigenvalue weighted by Crippen LogP contribution is -2.29. The van der Waals surface area contributed by atoms with Gasteiger partial charge in [-0.1, -0.05) is 63.7 Å². The van der Waals surface area contributed by atoms with E-state index >= 15 is 0 Å². The molecule has 0 saturated carbocycles. The zero-order valence-corrected chi connectivity index (χ0v) is 18.9. The molecule has 154 valence electrons. The number of allylic oxidation sites excluding steroid dienone is 1. The highest BCUT2D eigenvalue weighted by Gasteiger charge is 2.15. The van der Waals surface area contributed by atoms with Gasteiger partial charge in [-0.25, -0.2) is 0 Å². The highest BCUT2D eigenvalue weighted by atomic mass is 31.1. The Morgan fingerprint density at radius 2 is 2.04 bits per heavy atom. The number of nitrogens with two attached hydrogens (primary N) is 1. The van der Waals surface area contributed by atoms with Gasteiger partial charge in [-0.05, 0) is 75.1 Å². The average Bonchev–Trinajstić information content (AvgIpc) is 3.13. The van der Waals surface area contributed by atoms with E-state index in [-0.39, 0.29) is 0 Å². The molecule has 1 saturated heterocycles. The van der Waals surface area contributed by atoms with E-state index in [1.165, 1.54) is 62.6 Å². The predicted octanol–water partition coefficient (Wildman–Crippen LogP) is 6.57. The molecule has 1 aliphatic heterocycles. The summed E-state index contributed by atoms with van der Waals surface area (Å²) < 4.78 is 0. The van der Waals surface area contributed by atoms with E-state index in [9.17, 15) is 0 Å². The maximum Gasteiger partial charge on any atom is 0.0439 e. The third kappa shape index (κ3) is 6.46. The van der Waals surface area contributed by atoms with Gasteiger partial charge >= 0.3 is 0 Å². The molecule has 0 amide bonds. The van der Waals surface area contributed by atoms with Crippen molar-refractivity contribution in [2.45, 2.75) is 71.3 Å². The van der Waals surface area contributed by atoms with Crippen LogP contribution >= 0.6 is 8.58 Å². The van der Waals surface area contributed by atoms with Gasteiger partial charge in [0.05, 0.1) is 0 Å². The Kier molecular flexibility index (Phi) is 8.62. The van der Waals surface area contributed by atoms with E-state index < -0.39 is 0 Å². The third-order valence-corrected chi connectivity index (χ3v) is 7.60. The minimum absolute atomic E-state index is 0.398. The van der Waals surface area contributed by atoms with E-state index in [1.54, 1.807) is 10.9 Å². The first-order valence-electron chi connectivity index (χ1n) is 11.4. The van der Waals surface area contributed by atoms with E-state index in [0.29, 0.717) is 6.04 Å². The molecule has 2 N–H and O–H groups in total. The van der Waals surface area contributed by atoms with Gasteiger partial charge in [0.1, 0.15) is 0 Å². The quantitative estimate of drug-likeness (QED) is 0.477. The largest absolute Gasteiger partial charge is 0.371 e. The van der Waals surface area contributed by atoms with E-state index in [0.717, 1.165) is 33.8 Å². The van der Waals surface area contributed by atoms with Crippen LogP contribution < -0.4 is 10.6 Å². The molecule has 1 aromatic carbocycles. The fourth-order valence-electron chi connectivity index (χ4n) is 4.47. The maximum absolute atomic E-state index is 6.02. The van der Waals surface area contributed by atoms with Crippen molar-refractivity contribution in [1.82, 2.24) is 0 Å². The number of benzene rings is 1. The van der Waals surface area contributed by atoms with Gasteiger partial charge in [0.15, 0.2) is 0 Å². The van der Waals surface area contributed by atoms with Crippen LogP contribution in [0.4, 0.5) is 5.69 Å². The SMILES string of the molecule is CC/C(=C/c1ccccc1N1CCCCC1)CC(C)CCPC1=CCC(N)C1. The lowest BCUT2D eigenvalue weighted by molar-refractivity contribution is 0.556. The molecule has 1 aliphatic carbocycles. The third-order valence-electron chi connectivity index (χ3n) is 6.20. The minimum atomic E-state index is 0.398. The lowest BCUT2D eigenvalue weighted by atomic mass is 9.95. The molecular weight excluding hydrogens is 359 g/mol. The molecule has 2 aliphatic rings. The minimum Gasteiger partial charge on any atom is -0.371 e. The summed E-state index contributed by atoms with van der Waals surface area (Å²) in [6.07, 6.45) is 16.2. The number of nitrogens with zero attached hydrogens (tertiary/aromatic N) is 1. The second-order valence-electron chi connectivity index (χ2n) is 8.72. The Balaban J connectivity index is 1.56. The van der Waals surface area contributed by atoms with Crippen LogP contribution in [-0.2, 0) is 0 Å². The summed E-state index contributed by atoms with van der Waals surface area (Å²) in [6, 6.07) is 9.41. The number of hydrogen-bond acceptors (Lipinski definition) is 2. The zero-order valence-electron chi connectivity index (χ0n) is 17.9. The Labute approximate surface area is 174 Å². The first-order valence-corrected chi connectivity index (χ1v) is 12.6. The Bertz CT molecular complexity index is 673. The number of anilines is 1. The van der Waals surface area contributed by atoms with Crippen molar-refractivity contribution in [1.29, 1.82) is 0 Å². The van der Waals surface area contributed by atoms with Gasteiger partial charge in [-0.2, -0.15) is 0 Å². The Morgan fingerprint density at radius 3 is 2.75 bits per heavy atom. The van der Waals surface area contributed by atoms with Crippen molar-refractivity contribution in [3.63, 3.8) is 0 Å².